The van der Waals surface area contributed by atoms with Crippen molar-refractivity contribution in [2.24, 2.45) is 0 Å². The van der Waals surface area contributed by atoms with E-state index in [1.165, 1.54) is 49.7 Å². The maximum Gasteiger partial charge on any atom is -0.00132 e. The Hall–Kier alpha value is -4.16. The predicted octanol–water partition coefficient (Wildman–Crippen LogP) is 8.97. The van der Waals surface area contributed by atoms with Gasteiger partial charge in [0.1, 0.15) is 0 Å². The van der Waals surface area contributed by atoms with Gasteiger partial charge in [-0.1, -0.05) is 134 Å². The Morgan fingerprint density at radius 1 is 0.600 bits per heavy atom. The molecule has 0 saturated heterocycles. The van der Waals surface area contributed by atoms with Crippen LogP contribution in [0.2, 0.25) is 0 Å². The number of benzene rings is 2. The molecule has 0 radical (unpaired) electrons. The summed E-state index contributed by atoms with van der Waals surface area (Å²) in [5.74, 6) is 0. The van der Waals surface area contributed by atoms with Gasteiger partial charge in [0.15, 0.2) is 0 Å². The van der Waals surface area contributed by atoms with E-state index in [4.69, 9.17) is 0 Å². The van der Waals surface area contributed by atoms with Gasteiger partial charge >= 0.3 is 0 Å². The highest BCUT2D eigenvalue weighted by Crippen LogP contribution is 2.38. The highest BCUT2D eigenvalue weighted by Gasteiger charge is 2.19. The van der Waals surface area contributed by atoms with Crippen molar-refractivity contribution in [1.29, 1.82) is 0 Å². The minimum Gasteiger partial charge on any atom is -0.0623 e. The van der Waals surface area contributed by atoms with Crippen LogP contribution < -0.4 is 0 Å². The Bertz CT molecular complexity index is 1460. The number of fused-ring (bicyclic) bond motifs is 3. The molecule has 0 amide bonds. The maximum atomic E-state index is 2.39. The smallest absolute Gasteiger partial charge is 0.00132 e. The molecule has 0 spiro atoms. The van der Waals surface area contributed by atoms with Crippen LogP contribution in [-0.4, -0.2) is 0 Å². The Morgan fingerprint density at radius 2 is 1.20 bits per heavy atom. The highest BCUT2D eigenvalue weighted by atomic mass is 14.2. The monoisotopic (exact) mass is 450 g/mol. The lowest BCUT2D eigenvalue weighted by Gasteiger charge is -2.11. The second-order valence-electron chi connectivity index (χ2n) is 9.06. The molecule has 2 aliphatic rings. The van der Waals surface area contributed by atoms with E-state index in [0.717, 1.165) is 12.8 Å². The minimum atomic E-state index is 0.915. The van der Waals surface area contributed by atoms with Gasteiger partial charge in [-0.15, -0.1) is 0 Å². The van der Waals surface area contributed by atoms with Gasteiger partial charge in [-0.3, -0.25) is 0 Å². The second-order valence-corrected chi connectivity index (χ2v) is 9.06. The lowest BCUT2D eigenvalue weighted by molar-refractivity contribution is 1.17. The molecule has 0 nitrogen and oxygen atoms in total. The third-order valence-corrected chi connectivity index (χ3v) is 6.55. The van der Waals surface area contributed by atoms with Crippen LogP contribution >= 0.6 is 0 Å². The van der Waals surface area contributed by atoms with Crippen LogP contribution in [0, 0.1) is 6.92 Å². The lowest BCUT2D eigenvalue weighted by atomic mass is 9.93. The highest BCUT2D eigenvalue weighted by molar-refractivity contribution is 5.94. The van der Waals surface area contributed by atoms with Crippen molar-refractivity contribution in [3.8, 4) is 0 Å². The third-order valence-electron chi connectivity index (χ3n) is 6.55. The Kier molecular flexibility index (Phi) is 7.01. The molecule has 0 bridgehead atoms. The summed E-state index contributed by atoms with van der Waals surface area (Å²) in [5, 5.41) is 2.63. The van der Waals surface area contributed by atoms with E-state index >= 15 is 0 Å². The van der Waals surface area contributed by atoms with Gasteiger partial charge in [0, 0.05) is 0 Å². The number of hydrogen-bond acceptors (Lipinski definition) is 0. The number of aryl methyl sites for hydroxylation is 1. The van der Waals surface area contributed by atoms with Crippen molar-refractivity contribution in [3.63, 3.8) is 0 Å². The zero-order valence-electron chi connectivity index (χ0n) is 20.2. The summed E-state index contributed by atoms with van der Waals surface area (Å²) in [6.07, 6.45) is 23.1. The van der Waals surface area contributed by atoms with Crippen LogP contribution in [0.1, 0.15) is 27.8 Å². The van der Waals surface area contributed by atoms with Gasteiger partial charge in [-0.05, 0) is 75.6 Å². The molecule has 3 aromatic rings. The largest absolute Gasteiger partial charge is 0.0623 e. The van der Waals surface area contributed by atoms with E-state index in [0.29, 0.717) is 0 Å². The van der Waals surface area contributed by atoms with Crippen LogP contribution in [0.3, 0.4) is 0 Å². The van der Waals surface area contributed by atoms with Crippen LogP contribution in [0.25, 0.3) is 16.3 Å². The van der Waals surface area contributed by atoms with Gasteiger partial charge in [0.25, 0.3) is 0 Å². The molecule has 3 aromatic carbocycles. The summed E-state index contributed by atoms with van der Waals surface area (Å²) in [5.41, 5.74) is 9.48. The summed E-state index contributed by atoms with van der Waals surface area (Å²) in [7, 11) is 0. The Labute approximate surface area is 209 Å². The summed E-state index contributed by atoms with van der Waals surface area (Å²) in [4.78, 5) is 0. The molecule has 0 saturated carbocycles. The first kappa shape index (κ1) is 22.6. The number of allylic oxidation sites excluding steroid dienone is 12. The molecule has 170 valence electrons. The van der Waals surface area contributed by atoms with Crippen molar-refractivity contribution in [1.82, 2.24) is 0 Å². The molecule has 0 unspecified atom stereocenters. The van der Waals surface area contributed by atoms with E-state index in [-0.39, 0.29) is 0 Å². The summed E-state index contributed by atoms with van der Waals surface area (Å²) in [6, 6.07) is 28.5. The average Bonchev–Trinajstić information content (AvgIpc) is 3.18. The van der Waals surface area contributed by atoms with Gasteiger partial charge in [0.05, 0.1) is 0 Å². The number of rotatable bonds is 2. The first-order chi connectivity index (χ1) is 17.3. The van der Waals surface area contributed by atoms with Crippen molar-refractivity contribution in [2.75, 3.05) is 0 Å². The minimum absolute atomic E-state index is 0.915. The standard InChI is InChI=1S/C35H30/c1-27-21-31-25-33-23-29-19-15-11-7-2-3-8-12-16-20-34(29)35(33)26-32(31)24-30(27)22-28-17-13-9-5-4-6-10-14-18-28/h2-21,24-26H,22-23H2,1H3. The number of hydrogen-bond donors (Lipinski definition) is 0. The van der Waals surface area contributed by atoms with E-state index < -0.39 is 0 Å². The van der Waals surface area contributed by atoms with Gasteiger partial charge in [-0.25, -0.2) is 0 Å². The molecular formula is C35H30. The van der Waals surface area contributed by atoms with Crippen LogP contribution in [0.5, 0.6) is 0 Å². The normalized spacial score (nSPS) is 14.3. The molecule has 0 N–H and O–H groups in total. The first-order valence-electron chi connectivity index (χ1n) is 12.3. The Balaban J connectivity index is 1.55. The summed E-state index contributed by atoms with van der Waals surface area (Å²) < 4.78 is 0. The van der Waals surface area contributed by atoms with Crippen molar-refractivity contribution < 1.29 is 0 Å². The quantitative estimate of drug-likeness (QED) is 0.365. The average molecular weight is 451 g/mol. The van der Waals surface area contributed by atoms with Crippen molar-refractivity contribution in [2.45, 2.75) is 19.8 Å². The molecular weight excluding hydrogens is 420 g/mol. The van der Waals surface area contributed by atoms with Crippen molar-refractivity contribution >= 4 is 16.3 Å². The van der Waals surface area contributed by atoms with E-state index in [9.17, 15) is 0 Å². The van der Waals surface area contributed by atoms with Gasteiger partial charge < -0.3 is 0 Å². The molecule has 2 aliphatic carbocycles. The Morgan fingerprint density at radius 3 is 1.91 bits per heavy atom. The van der Waals surface area contributed by atoms with E-state index in [1.807, 2.05) is 6.07 Å². The molecule has 0 heterocycles. The molecule has 0 atom stereocenters. The lowest BCUT2D eigenvalue weighted by Crippen LogP contribution is -1.93. The van der Waals surface area contributed by atoms with Gasteiger partial charge in [-0.2, -0.15) is 0 Å². The summed E-state index contributed by atoms with van der Waals surface area (Å²) in [6.45, 7) is 2.24. The molecule has 35 heavy (non-hydrogen) atoms. The molecule has 0 aliphatic heterocycles. The van der Waals surface area contributed by atoms with Gasteiger partial charge in [0.2, 0.25) is 0 Å². The molecule has 0 fully saturated rings. The predicted molar refractivity (Wildman–Crippen MR) is 152 cm³/mol. The fourth-order valence-electron chi connectivity index (χ4n) is 4.74. The SMILES string of the molecule is Cc1cc2cc3c(cc2cc1Cc1ccccccccc1)C1=C(C=CC=CC=CC=CC=C1)C3. The molecule has 5 rings (SSSR count). The van der Waals surface area contributed by atoms with E-state index in [2.05, 4.69) is 140 Å². The zero-order valence-corrected chi connectivity index (χ0v) is 20.2. The zero-order chi connectivity index (χ0) is 23.9. The maximum absolute atomic E-state index is 2.39. The topological polar surface area (TPSA) is 0 Å². The van der Waals surface area contributed by atoms with Crippen LogP contribution in [-0.2, 0) is 12.8 Å². The van der Waals surface area contributed by atoms with Crippen molar-refractivity contribution in [3.05, 3.63) is 173 Å². The fraction of sp³-hybridized carbons (Fsp3) is 0.0857. The first-order valence-corrected chi connectivity index (χ1v) is 12.3. The van der Waals surface area contributed by atoms with E-state index in [1.54, 1.807) is 0 Å². The molecule has 0 aromatic heterocycles. The second kappa shape index (κ2) is 10.8. The van der Waals surface area contributed by atoms with Crippen LogP contribution in [0.4, 0.5) is 0 Å². The fourth-order valence-corrected chi connectivity index (χ4v) is 4.74. The van der Waals surface area contributed by atoms with Crippen LogP contribution in [0.15, 0.2) is 145 Å². The third kappa shape index (κ3) is 5.50. The molecule has 0 heteroatoms. The summed E-state index contributed by atoms with van der Waals surface area (Å²) >= 11 is 0.